The molecule has 0 bridgehead atoms. The number of ketones is 1. The van der Waals surface area contributed by atoms with Gasteiger partial charge in [-0.15, -0.1) is 0 Å². The van der Waals surface area contributed by atoms with Crippen molar-refractivity contribution in [3.8, 4) is 0 Å². The van der Waals surface area contributed by atoms with Gasteiger partial charge >= 0.3 is 0 Å². The smallest absolute Gasteiger partial charge is 0.136 e. The minimum Gasteiger partial charge on any atom is -0.299 e. The molecule has 0 unspecified atom stereocenters. The molecule has 1 nitrogen and oxygen atoms in total. The molecular formula is C11H14O. The van der Waals surface area contributed by atoms with Crippen LogP contribution in [0, 0.1) is 6.92 Å². The van der Waals surface area contributed by atoms with Crippen molar-refractivity contribution in [1.29, 1.82) is 0 Å². The molecule has 64 valence electrons. The number of hydrogen-bond acceptors (Lipinski definition) is 1. The molecule has 0 aliphatic heterocycles. The molecule has 0 saturated heterocycles. The summed E-state index contributed by atoms with van der Waals surface area (Å²) in [5.41, 5.74) is 2.34. The standard InChI is InChI=1S/C11H14O/c1-8-4-6-11(7-5-8)9(2)10(3)12/h4-7,9H,1-3H3/t9-/m0/s1. The van der Waals surface area contributed by atoms with Crippen molar-refractivity contribution in [3.63, 3.8) is 0 Å². The van der Waals surface area contributed by atoms with Crippen molar-refractivity contribution in [1.82, 2.24) is 0 Å². The van der Waals surface area contributed by atoms with Crippen LogP contribution in [0.1, 0.15) is 30.9 Å². The fourth-order valence-electron chi connectivity index (χ4n) is 1.09. The van der Waals surface area contributed by atoms with Crippen molar-refractivity contribution in [2.75, 3.05) is 0 Å². The quantitative estimate of drug-likeness (QED) is 0.653. The highest BCUT2D eigenvalue weighted by atomic mass is 16.1. The van der Waals surface area contributed by atoms with Crippen molar-refractivity contribution >= 4 is 5.78 Å². The number of aryl methyl sites for hydroxylation is 1. The van der Waals surface area contributed by atoms with Crippen LogP contribution in [0.25, 0.3) is 0 Å². The number of benzene rings is 1. The van der Waals surface area contributed by atoms with Gasteiger partial charge in [0.2, 0.25) is 0 Å². The van der Waals surface area contributed by atoms with Crippen molar-refractivity contribution in [2.45, 2.75) is 26.7 Å². The first kappa shape index (κ1) is 8.98. The highest BCUT2D eigenvalue weighted by Gasteiger charge is 2.08. The third-order valence-corrected chi connectivity index (χ3v) is 2.19. The number of carbonyl (C=O) groups excluding carboxylic acids is 1. The van der Waals surface area contributed by atoms with Crippen LogP contribution in [0.3, 0.4) is 0 Å². The van der Waals surface area contributed by atoms with Gasteiger partial charge in [0, 0.05) is 5.92 Å². The molecular weight excluding hydrogens is 148 g/mol. The van der Waals surface area contributed by atoms with E-state index in [0.29, 0.717) is 0 Å². The number of carbonyl (C=O) groups is 1. The van der Waals surface area contributed by atoms with E-state index in [1.165, 1.54) is 5.56 Å². The monoisotopic (exact) mass is 162 g/mol. The Bertz CT molecular complexity index is 272. The van der Waals surface area contributed by atoms with E-state index < -0.39 is 0 Å². The van der Waals surface area contributed by atoms with Gasteiger partial charge in [0.15, 0.2) is 0 Å². The summed E-state index contributed by atoms with van der Waals surface area (Å²) < 4.78 is 0. The molecule has 0 aliphatic rings. The van der Waals surface area contributed by atoms with Gasteiger partial charge in [0.1, 0.15) is 5.78 Å². The van der Waals surface area contributed by atoms with Gasteiger partial charge < -0.3 is 0 Å². The summed E-state index contributed by atoms with van der Waals surface area (Å²) in [5, 5.41) is 0. The Kier molecular flexibility index (Phi) is 2.64. The van der Waals surface area contributed by atoms with Gasteiger partial charge in [-0.2, -0.15) is 0 Å². The van der Waals surface area contributed by atoms with Gasteiger partial charge in [0.25, 0.3) is 0 Å². The second-order valence-corrected chi connectivity index (χ2v) is 3.24. The number of Topliss-reactive ketones (excluding diaryl/α,β-unsaturated/α-hetero) is 1. The Balaban J connectivity index is 2.89. The highest BCUT2D eigenvalue weighted by molar-refractivity contribution is 5.82. The molecule has 0 saturated carbocycles. The highest BCUT2D eigenvalue weighted by Crippen LogP contribution is 2.16. The Morgan fingerprint density at radius 1 is 1.25 bits per heavy atom. The molecule has 0 heterocycles. The first-order valence-electron chi connectivity index (χ1n) is 4.18. The molecule has 0 aliphatic carbocycles. The largest absolute Gasteiger partial charge is 0.299 e. The Hall–Kier alpha value is -1.11. The summed E-state index contributed by atoms with van der Waals surface area (Å²) in [7, 11) is 0. The first-order valence-corrected chi connectivity index (χ1v) is 4.18. The maximum atomic E-state index is 11.0. The fraction of sp³-hybridized carbons (Fsp3) is 0.364. The fourth-order valence-corrected chi connectivity index (χ4v) is 1.09. The van der Waals surface area contributed by atoms with Gasteiger partial charge in [-0.05, 0) is 19.4 Å². The zero-order chi connectivity index (χ0) is 9.14. The van der Waals surface area contributed by atoms with E-state index in [1.54, 1.807) is 6.92 Å². The van der Waals surface area contributed by atoms with E-state index >= 15 is 0 Å². The Morgan fingerprint density at radius 2 is 1.75 bits per heavy atom. The number of rotatable bonds is 2. The topological polar surface area (TPSA) is 17.1 Å². The maximum absolute atomic E-state index is 11.0. The second kappa shape index (κ2) is 3.53. The van der Waals surface area contributed by atoms with E-state index in [-0.39, 0.29) is 11.7 Å². The summed E-state index contributed by atoms with van der Waals surface area (Å²) in [6, 6.07) is 8.10. The molecule has 0 amide bonds. The van der Waals surface area contributed by atoms with Gasteiger partial charge in [0.05, 0.1) is 0 Å². The minimum absolute atomic E-state index is 0.0330. The van der Waals surface area contributed by atoms with Gasteiger partial charge in [-0.1, -0.05) is 36.8 Å². The third kappa shape index (κ3) is 1.94. The lowest BCUT2D eigenvalue weighted by atomic mass is 9.97. The van der Waals surface area contributed by atoms with Crippen molar-refractivity contribution in [3.05, 3.63) is 35.4 Å². The summed E-state index contributed by atoms with van der Waals surface area (Å²) in [6.45, 7) is 5.61. The van der Waals surface area contributed by atoms with Crippen LogP contribution in [0.2, 0.25) is 0 Å². The predicted octanol–water partition coefficient (Wildman–Crippen LogP) is 2.69. The van der Waals surface area contributed by atoms with E-state index in [0.717, 1.165) is 5.56 Å². The van der Waals surface area contributed by atoms with E-state index in [2.05, 4.69) is 0 Å². The first-order chi connectivity index (χ1) is 5.61. The Labute approximate surface area is 73.4 Å². The van der Waals surface area contributed by atoms with Crippen LogP contribution in [0.5, 0.6) is 0 Å². The lowest BCUT2D eigenvalue weighted by Crippen LogP contribution is -2.03. The van der Waals surface area contributed by atoms with E-state index in [4.69, 9.17) is 0 Å². The molecule has 1 rings (SSSR count). The molecule has 0 N–H and O–H groups in total. The molecule has 12 heavy (non-hydrogen) atoms. The predicted molar refractivity (Wildman–Crippen MR) is 50.3 cm³/mol. The second-order valence-electron chi connectivity index (χ2n) is 3.24. The summed E-state index contributed by atoms with van der Waals surface area (Å²) >= 11 is 0. The molecule has 0 radical (unpaired) electrons. The summed E-state index contributed by atoms with van der Waals surface area (Å²) in [5.74, 6) is 0.254. The van der Waals surface area contributed by atoms with Crippen LogP contribution in [0.15, 0.2) is 24.3 Å². The minimum atomic E-state index is 0.0330. The molecule has 1 aromatic carbocycles. The van der Waals surface area contributed by atoms with E-state index in [1.807, 2.05) is 38.1 Å². The molecule has 1 aromatic rings. The maximum Gasteiger partial charge on any atom is 0.136 e. The molecule has 0 fully saturated rings. The zero-order valence-electron chi connectivity index (χ0n) is 7.79. The third-order valence-electron chi connectivity index (χ3n) is 2.19. The molecule has 1 atom stereocenters. The van der Waals surface area contributed by atoms with Crippen LogP contribution >= 0.6 is 0 Å². The summed E-state index contributed by atoms with van der Waals surface area (Å²) in [6.07, 6.45) is 0. The lowest BCUT2D eigenvalue weighted by Gasteiger charge is -2.07. The Morgan fingerprint density at radius 3 is 2.17 bits per heavy atom. The molecule has 1 heteroatoms. The number of hydrogen-bond donors (Lipinski definition) is 0. The van der Waals surface area contributed by atoms with Crippen LogP contribution in [-0.2, 0) is 4.79 Å². The average molecular weight is 162 g/mol. The normalized spacial score (nSPS) is 12.6. The van der Waals surface area contributed by atoms with Crippen molar-refractivity contribution < 1.29 is 4.79 Å². The van der Waals surface area contributed by atoms with Gasteiger partial charge in [-0.3, -0.25) is 4.79 Å². The molecule has 0 spiro atoms. The van der Waals surface area contributed by atoms with Crippen LogP contribution < -0.4 is 0 Å². The SMILES string of the molecule is CC(=O)[C@H](C)c1ccc(C)cc1. The van der Waals surface area contributed by atoms with Crippen molar-refractivity contribution in [2.24, 2.45) is 0 Å². The van der Waals surface area contributed by atoms with Gasteiger partial charge in [-0.25, -0.2) is 0 Å². The zero-order valence-corrected chi connectivity index (χ0v) is 7.79. The lowest BCUT2D eigenvalue weighted by molar-refractivity contribution is -0.118. The average Bonchev–Trinajstić information content (AvgIpc) is 2.04. The van der Waals surface area contributed by atoms with E-state index in [9.17, 15) is 4.79 Å². The molecule has 0 aromatic heterocycles. The van der Waals surface area contributed by atoms with Crippen LogP contribution in [0.4, 0.5) is 0 Å². The van der Waals surface area contributed by atoms with Crippen LogP contribution in [-0.4, -0.2) is 5.78 Å². The summed E-state index contributed by atoms with van der Waals surface area (Å²) in [4.78, 5) is 11.0.